The average Bonchev–Trinajstić information content (AvgIpc) is 2.57. The van der Waals surface area contributed by atoms with Crippen molar-refractivity contribution in [1.82, 2.24) is 4.90 Å². The summed E-state index contributed by atoms with van der Waals surface area (Å²) in [5.41, 5.74) is 9.51. The molecule has 0 fully saturated rings. The zero-order chi connectivity index (χ0) is 19.4. The molecule has 0 aliphatic rings. The topological polar surface area (TPSA) is 29.3 Å². The van der Waals surface area contributed by atoms with Crippen molar-refractivity contribution in [3.63, 3.8) is 0 Å². The number of aryl methyl sites for hydroxylation is 1. The van der Waals surface area contributed by atoms with Crippen LogP contribution in [0, 0.1) is 6.92 Å². The van der Waals surface area contributed by atoms with Gasteiger partial charge >= 0.3 is 0 Å². The molecule has 0 bridgehead atoms. The van der Waals surface area contributed by atoms with E-state index in [4.69, 9.17) is 5.73 Å². The summed E-state index contributed by atoms with van der Waals surface area (Å²) in [4.78, 5) is 2.08. The number of nitrogens with two attached hydrogens (primary N) is 1. The van der Waals surface area contributed by atoms with Crippen LogP contribution in [0.4, 0.5) is 0 Å². The molecule has 2 rings (SSSR count). The van der Waals surface area contributed by atoms with E-state index in [0.717, 1.165) is 0 Å². The highest BCUT2D eigenvalue weighted by molar-refractivity contribution is 7.79. The van der Waals surface area contributed by atoms with Gasteiger partial charge in [0.15, 0.2) is 0 Å². The highest BCUT2D eigenvalue weighted by Gasteiger charge is 2.11. The van der Waals surface area contributed by atoms with Gasteiger partial charge in [0.1, 0.15) is 0 Å². The fraction of sp³-hybridized carbons (Fsp3) is 0.364. The van der Waals surface area contributed by atoms with Crippen LogP contribution in [0.2, 0.25) is 0 Å². The predicted octanol–water partition coefficient (Wildman–Crippen LogP) is 5.74. The minimum absolute atomic E-state index is 0.442. The lowest BCUT2D eigenvalue weighted by molar-refractivity contribution is 0.230. The van der Waals surface area contributed by atoms with Crippen LogP contribution in [0.5, 0.6) is 0 Å². The number of nitrogens with zero attached hydrogens (tertiary/aromatic N) is 1. The molecule has 0 unspecified atom stereocenters. The molecule has 0 heterocycles. The first-order valence-corrected chi connectivity index (χ1v) is 9.52. The van der Waals surface area contributed by atoms with Crippen LogP contribution < -0.4 is 5.73 Å². The second-order valence-corrected chi connectivity index (χ2v) is 6.27. The molecule has 0 atom stereocenters. The standard InChI is InChI=1S/C13H12.C8H18N2.CH4S/c1-11-7-5-6-10-13(11)12-8-3-2-4-9-12;1-6(2)10(7(3)4)8(5)9;1-2/h2-10H,1H3;6-7H,5,9H2,1-4H3;2H,1H3. The molecule has 3 heteroatoms. The molecule has 0 aliphatic carbocycles. The van der Waals surface area contributed by atoms with E-state index in [1.807, 2.05) is 6.07 Å². The number of hydrogen-bond donors (Lipinski definition) is 2. The predicted molar refractivity (Wildman–Crippen MR) is 117 cm³/mol. The number of benzene rings is 2. The van der Waals surface area contributed by atoms with E-state index in [-0.39, 0.29) is 0 Å². The fourth-order valence-electron chi connectivity index (χ4n) is 2.77. The lowest BCUT2D eigenvalue weighted by atomic mass is 10.0. The van der Waals surface area contributed by atoms with E-state index in [1.54, 1.807) is 6.26 Å². The minimum atomic E-state index is 0.442. The molecule has 2 aromatic carbocycles. The maximum atomic E-state index is 5.57. The molecule has 2 aromatic rings. The first-order valence-electron chi connectivity index (χ1n) is 8.63. The Morgan fingerprint density at radius 1 is 0.880 bits per heavy atom. The average molecular weight is 359 g/mol. The first kappa shape index (κ1) is 23.1. The summed E-state index contributed by atoms with van der Waals surface area (Å²) in [7, 11) is 0. The van der Waals surface area contributed by atoms with Gasteiger partial charge in [-0.05, 0) is 57.6 Å². The summed E-state index contributed by atoms with van der Waals surface area (Å²) < 4.78 is 0. The van der Waals surface area contributed by atoms with E-state index in [2.05, 4.69) is 107 Å². The highest BCUT2D eigenvalue weighted by Crippen LogP contribution is 2.21. The normalized spacial score (nSPS) is 9.64. The Bertz CT molecular complexity index is 598. The Hall–Kier alpha value is -1.87. The Balaban J connectivity index is 0.000000434. The van der Waals surface area contributed by atoms with Crippen molar-refractivity contribution in [2.24, 2.45) is 5.73 Å². The summed E-state index contributed by atoms with van der Waals surface area (Å²) >= 11 is 3.53. The lowest BCUT2D eigenvalue weighted by Gasteiger charge is -2.32. The Morgan fingerprint density at radius 2 is 1.32 bits per heavy atom. The van der Waals surface area contributed by atoms with Crippen molar-refractivity contribution in [3.8, 4) is 11.1 Å². The number of hydrogen-bond acceptors (Lipinski definition) is 3. The van der Waals surface area contributed by atoms with Crippen LogP contribution in [-0.4, -0.2) is 23.2 Å². The zero-order valence-corrected chi connectivity index (χ0v) is 17.4. The van der Waals surface area contributed by atoms with Gasteiger partial charge in [-0.3, -0.25) is 0 Å². The van der Waals surface area contributed by atoms with Gasteiger partial charge in [0, 0.05) is 12.1 Å². The van der Waals surface area contributed by atoms with Gasteiger partial charge in [-0.25, -0.2) is 0 Å². The van der Waals surface area contributed by atoms with Crippen molar-refractivity contribution in [3.05, 3.63) is 72.6 Å². The molecular weight excluding hydrogens is 324 g/mol. The van der Waals surface area contributed by atoms with Gasteiger partial charge in [-0.15, -0.1) is 0 Å². The third-order valence-corrected chi connectivity index (χ3v) is 3.67. The van der Waals surface area contributed by atoms with Gasteiger partial charge in [0.25, 0.3) is 0 Å². The molecule has 0 saturated carbocycles. The molecule has 0 aliphatic heterocycles. The van der Waals surface area contributed by atoms with Gasteiger partial charge in [0.05, 0.1) is 5.82 Å². The smallest absolute Gasteiger partial charge is 0.0916 e. The molecule has 0 aromatic heterocycles. The van der Waals surface area contributed by atoms with Crippen molar-refractivity contribution in [2.75, 3.05) is 6.26 Å². The van der Waals surface area contributed by atoms with Gasteiger partial charge in [0.2, 0.25) is 0 Å². The van der Waals surface area contributed by atoms with Gasteiger partial charge in [-0.2, -0.15) is 12.6 Å². The Morgan fingerprint density at radius 3 is 1.68 bits per heavy atom. The zero-order valence-electron chi connectivity index (χ0n) is 16.5. The van der Waals surface area contributed by atoms with Crippen LogP contribution in [-0.2, 0) is 0 Å². The van der Waals surface area contributed by atoms with Crippen molar-refractivity contribution in [2.45, 2.75) is 46.7 Å². The van der Waals surface area contributed by atoms with E-state index >= 15 is 0 Å². The first-order chi connectivity index (χ1) is 11.8. The van der Waals surface area contributed by atoms with Crippen LogP contribution in [0.1, 0.15) is 33.3 Å². The molecule has 0 radical (unpaired) electrons. The van der Waals surface area contributed by atoms with Gasteiger partial charge < -0.3 is 10.6 Å². The Labute approximate surface area is 160 Å². The molecule has 25 heavy (non-hydrogen) atoms. The Kier molecular flexibility index (Phi) is 11.6. The molecular formula is C22H34N2S. The van der Waals surface area contributed by atoms with Crippen LogP contribution in [0.25, 0.3) is 11.1 Å². The molecule has 2 N–H and O–H groups in total. The van der Waals surface area contributed by atoms with Crippen LogP contribution in [0.3, 0.4) is 0 Å². The third kappa shape index (κ3) is 8.17. The van der Waals surface area contributed by atoms with E-state index in [9.17, 15) is 0 Å². The summed E-state index contributed by atoms with van der Waals surface area (Å²) in [5, 5.41) is 0. The molecule has 0 amide bonds. The van der Waals surface area contributed by atoms with Crippen molar-refractivity contribution >= 4 is 12.6 Å². The van der Waals surface area contributed by atoms with Crippen LogP contribution >= 0.6 is 12.6 Å². The maximum Gasteiger partial charge on any atom is 0.0916 e. The fourth-order valence-corrected chi connectivity index (χ4v) is 2.77. The van der Waals surface area contributed by atoms with Crippen molar-refractivity contribution in [1.29, 1.82) is 0 Å². The van der Waals surface area contributed by atoms with E-state index in [1.165, 1.54) is 16.7 Å². The quantitative estimate of drug-likeness (QED) is 0.682. The second-order valence-electron chi connectivity index (χ2n) is 6.27. The van der Waals surface area contributed by atoms with E-state index in [0.29, 0.717) is 17.9 Å². The van der Waals surface area contributed by atoms with Crippen LogP contribution in [0.15, 0.2) is 67.0 Å². The van der Waals surface area contributed by atoms with Gasteiger partial charge in [-0.1, -0.05) is 61.2 Å². The highest BCUT2D eigenvalue weighted by atomic mass is 32.1. The molecule has 2 nitrogen and oxygen atoms in total. The summed E-state index contributed by atoms with van der Waals surface area (Å²) in [6, 6.07) is 19.8. The largest absolute Gasteiger partial charge is 0.386 e. The summed E-state index contributed by atoms with van der Waals surface area (Å²) in [6.45, 7) is 14.3. The minimum Gasteiger partial charge on any atom is -0.386 e. The molecule has 0 saturated heterocycles. The SMILES string of the molecule is C=C(N)N(C(C)C)C(C)C.CS.Cc1ccccc1-c1ccccc1. The second kappa shape index (κ2) is 12.5. The van der Waals surface area contributed by atoms with E-state index < -0.39 is 0 Å². The number of rotatable bonds is 4. The third-order valence-electron chi connectivity index (χ3n) is 3.67. The number of thiol groups is 1. The molecule has 0 spiro atoms. The lowest BCUT2D eigenvalue weighted by Crippen LogP contribution is -2.38. The monoisotopic (exact) mass is 358 g/mol. The summed E-state index contributed by atoms with van der Waals surface area (Å²) in [6.07, 6.45) is 1.69. The van der Waals surface area contributed by atoms with Crippen molar-refractivity contribution < 1.29 is 0 Å². The summed E-state index contributed by atoms with van der Waals surface area (Å²) in [5.74, 6) is 0.657. The molecule has 138 valence electrons. The maximum absolute atomic E-state index is 5.57.